The maximum Gasteiger partial charge on any atom is 0.0758 e. The van der Waals surface area contributed by atoms with Crippen LogP contribution in [0.5, 0.6) is 0 Å². The minimum Gasteiger partial charge on any atom is -0.380 e. The molecule has 0 fully saturated rings. The second-order valence-corrected chi connectivity index (χ2v) is 6.43. The number of nitrogens with zero attached hydrogens (tertiary/aromatic N) is 1. The van der Waals surface area contributed by atoms with Crippen LogP contribution in [0.3, 0.4) is 0 Å². The van der Waals surface area contributed by atoms with Crippen LogP contribution in [0.15, 0.2) is 34.9 Å². The van der Waals surface area contributed by atoms with Gasteiger partial charge in [0.25, 0.3) is 0 Å². The summed E-state index contributed by atoms with van der Waals surface area (Å²) < 4.78 is 6.69. The van der Waals surface area contributed by atoms with Gasteiger partial charge in [-0.3, -0.25) is 4.98 Å². The summed E-state index contributed by atoms with van der Waals surface area (Å²) in [5.41, 5.74) is 2.27. The quantitative estimate of drug-likeness (QED) is 0.726. The number of hydrogen-bond donors (Lipinski definition) is 1. The molecule has 0 amide bonds. The number of nitrogens with one attached hydrogen (secondary N) is 1. The zero-order valence-electron chi connectivity index (χ0n) is 12.7. The van der Waals surface area contributed by atoms with Crippen molar-refractivity contribution in [3.05, 3.63) is 40.5 Å². The Morgan fingerprint density at radius 1 is 1.24 bits per heavy atom. The summed E-state index contributed by atoms with van der Waals surface area (Å²) in [5, 5.41) is 4.58. The highest BCUT2D eigenvalue weighted by Crippen LogP contribution is 2.24. The van der Waals surface area contributed by atoms with Crippen molar-refractivity contribution in [2.75, 3.05) is 19.8 Å². The normalized spacial score (nSPS) is 11.4. The SMILES string of the molecule is CC(C)CCOCCNCc1ccc(Br)c2cccnc12. The summed E-state index contributed by atoms with van der Waals surface area (Å²) in [6, 6.07) is 8.25. The van der Waals surface area contributed by atoms with Crippen molar-refractivity contribution < 1.29 is 4.74 Å². The Balaban J connectivity index is 1.80. The number of halogens is 1. The highest BCUT2D eigenvalue weighted by Gasteiger charge is 2.04. The lowest BCUT2D eigenvalue weighted by molar-refractivity contribution is 0.125. The molecule has 0 bridgehead atoms. The van der Waals surface area contributed by atoms with E-state index in [0.717, 1.165) is 48.1 Å². The van der Waals surface area contributed by atoms with Gasteiger partial charge in [-0.25, -0.2) is 0 Å². The molecule has 0 aliphatic rings. The lowest BCUT2D eigenvalue weighted by Gasteiger charge is -2.10. The monoisotopic (exact) mass is 350 g/mol. The van der Waals surface area contributed by atoms with Crippen molar-refractivity contribution in [2.45, 2.75) is 26.8 Å². The van der Waals surface area contributed by atoms with Gasteiger partial charge in [0, 0.05) is 35.8 Å². The molecular weight excluding hydrogens is 328 g/mol. The molecule has 0 saturated carbocycles. The average molecular weight is 351 g/mol. The van der Waals surface area contributed by atoms with Gasteiger partial charge in [-0.15, -0.1) is 0 Å². The van der Waals surface area contributed by atoms with Crippen LogP contribution in [0, 0.1) is 5.92 Å². The minimum absolute atomic E-state index is 0.707. The molecule has 0 radical (unpaired) electrons. The molecule has 4 heteroatoms. The Morgan fingerprint density at radius 3 is 2.90 bits per heavy atom. The maximum atomic E-state index is 5.60. The van der Waals surface area contributed by atoms with Crippen molar-refractivity contribution in [3.8, 4) is 0 Å². The van der Waals surface area contributed by atoms with E-state index < -0.39 is 0 Å². The third kappa shape index (κ3) is 5.06. The van der Waals surface area contributed by atoms with E-state index >= 15 is 0 Å². The fraction of sp³-hybridized carbons (Fsp3) is 0.471. The van der Waals surface area contributed by atoms with E-state index in [-0.39, 0.29) is 0 Å². The summed E-state index contributed by atoms with van der Waals surface area (Å²) in [7, 11) is 0. The fourth-order valence-corrected chi connectivity index (χ4v) is 2.58. The van der Waals surface area contributed by atoms with Crippen molar-refractivity contribution in [2.24, 2.45) is 5.92 Å². The van der Waals surface area contributed by atoms with Crippen LogP contribution in [0.2, 0.25) is 0 Å². The predicted octanol–water partition coefficient (Wildman–Crippen LogP) is 4.15. The van der Waals surface area contributed by atoms with Crippen LogP contribution in [0.1, 0.15) is 25.8 Å². The van der Waals surface area contributed by atoms with Gasteiger partial charge in [-0.2, -0.15) is 0 Å². The third-order valence-electron chi connectivity index (χ3n) is 3.38. The number of rotatable bonds is 8. The number of fused-ring (bicyclic) bond motifs is 1. The molecule has 2 aromatic rings. The van der Waals surface area contributed by atoms with E-state index in [1.807, 2.05) is 12.3 Å². The number of hydrogen-bond acceptors (Lipinski definition) is 3. The van der Waals surface area contributed by atoms with Gasteiger partial charge in [-0.1, -0.05) is 41.9 Å². The summed E-state index contributed by atoms with van der Waals surface area (Å²) in [6.45, 7) is 7.72. The van der Waals surface area contributed by atoms with Crippen LogP contribution < -0.4 is 5.32 Å². The molecule has 3 nitrogen and oxygen atoms in total. The van der Waals surface area contributed by atoms with Crippen molar-refractivity contribution in [1.82, 2.24) is 10.3 Å². The summed E-state index contributed by atoms with van der Waals surface area (Å²) >= 11 is 3.57. The lowest BCUT2D eigenvalue weighted by Crippen LogP contribution is -2.20. The second kappa shape index (κ2) is 8.47. The largest absolute Gasteiger partial charge is 0.380 e. The molecule has 0 atom stereocenters. The molecule has 0 spiro atoms. The second-order valence-electron chi connectivity index (χ2n) is 5.58. The maximum absolute atomic E-state index is 5.60. The Bertz CT molecular complexity index is 572. The smallest absolute Gasteiger partial charge is 0.0758 e. The van der Waals surface area contributed by atoms with Crippen molar-refractivity contribution in [3.63, 3.8) is 0 Å². The third-order valence-corrected chi connectivity index (χ3v) is 4.07. The first kappa shape index (κ1) is 16.4. The molecule has 114 valence electrons. The highest BCUT2D eigenvalue weighted by atomic mass is 79.9. The lowest BCUT2D eigenvalue weighted by atomic mass is 10.1. The Hall–Kier alpha value is -0.970. The topological polar surface area (TPSA) is 34.1 Å². The van der Waals surface area contributed by atoms with Crippen LogP contribution in [0.4, 0.5) is 0 Å². The van der Waals surface area contributed by atoms with E-state index in [0.29, 0.717) is 5.92 Å². The molecule has 0 saturated heterocycles. The number of ether oxygens (including phenoxy) is 1. The molecule has 1 aromatic heterocycles. The Morgan fingerprint density at radius 2 is 2.10 bits per heavy atom. The van der Waals surface area contributed by atoms with Crippen molar-refractivity contribution >= 4 is 26.8 Å². The van der Waals surface area contributed by atoms with Gasteiger partial charge in [0.05, 0.1) is 12.1 Å². The molecule has 0 aliphatic heterocycles. The minimum atomic E-state index is 0.707. The fourth-order valence-electron chi connectivity index (χ4n) is 2.13. The molecule has 21 heavy (non-hydrogen) atoms. The Labute approximate surface area is 135 Å². The number of benzene rings is 1. The van der Waals surface area contributed by atoms with Crippen LogP contribution in [-0.2, 0) is 11.3 Å². The summed E-state index contributed by atoms with van der Waals surface area (Å²) in [5.74, 6) is 0.707. The Kier molecular flexibility index (Phi) is 6.61. The van der Waals surface area contributed by atoms with Gasteiger partial charge in [0.1, 0.15) is 0 Å². The molecule has 2 rings (SSSR count). The van der Waals surface area contributed by atoms with Gasteiger partial charge in [0.2, 0.25) is 0 Å². The van der Waals surface area contributed by atoms with E-state index in [1.54, 1.807) is 0 Å². The zero-order chi connectivity index (χ0) is 15.1. The first-order valence-corrected chi connectivity index (χ1v) is 8.28. The van der Waals surface area contributed by atoms with Gasteiger partial charge in [-0.05, 0) is 30.0 Å². The number of aromatic nitrogens is 1. The zero-order valence-corrected chi connectivity index (χ0v) is 14.3. The van der Waals surface area contributed by atoms with E-state index in [9.17, 15) is 0 Å². The van der Waals surface area contributed by atoms with Crippen LogP contribution in [0.25, 0.3) is 10.9 Å². The summed E-state index contributed by atoms with van der Waals surface area (Å²) in [4.78, 5) is 4.49. The average Bonchev–Trinajstić information content (AvgIpc) is 2.48. The van der Waals surface area contributed by atoms with E-state index in [1.165, 1.54) is 5.56 Å². The van der Waals surface area contributed by atoms with Crippen LogP contribution in [-0.4, -0.2) is 24.7 Å². The predicted molar refractivity (Wildman–Crippen MR) is 91.4 cm³/mol. The molecule has 0 aliphatic carbocycles. The standard InChI is InChI=1S/C17H23BrN2O/c1-13(2)7-10-21-11-9-19-12-14-5-6-16(18)15-4-3-8-20-17(14)15/h3-6,8,13,19H,7,9-12H2,1-2H3. The first-order valence-electron chi connectivity index (χ1n) is 7.49. The molecule has 1 heterocycles. The molecule has 0 unspecified atom stereocenters. The van der Waals surface area contributed by atoms with Gasteiger partial charge >= 0.3 is 0 Å². The van der Waals surface area contributed by atoms with Gasteiger partial charge < -0.3 is 10.1 Å². The number of pyridine rings is 1. The van der Waals surface area contributed by atoms with E-state index in [2.05, 4.69) is 58.3 Å². The molecule has 1 aromatic carbocycles. The van der Waals surface area contributed by atoms with E-state index in [4.69, 9.17) is 4.74 Å². The van der Waals surface area contributed by atoms with Gasteiger partial charge in [0.15, 0.2) is 0 Å². The first-order chi connectivity index (χ1) is 10.2. The summed E-state index contributed by atoms with van der Waals surface area (Å²) in [6.07, 6.45) is 2.97. The highest BCUT2D eigenvalue weighted by molar-refractivity contribution is 9.10. The van der Waals surface area contributed by atoms with Crippen molar-refractivity contribution in [1.29, 1.82) is 0 Å². The molecular formula is C17H23BrN2O. The van der Waals surface area contributed by atoms with Crippen LogP contribution >= 0.6 is 15.9 Å². The molecule has 1 N–H and O–H groups in total.